The van der Waals surface area contributed by atoms with Crippen molar-refractivity contribution in [3.8, 4) is 0 Å². The van der Waals surface area contributed by atoms with Crippen molar-refractivity contribution in [2.75, 3.05) is 26.7 Å². The molecule has 0 radical (unpaired) electrons. The van der Waals surface area contributed by atoms with Gasteiger partial charge in [0, 0.05) is 13.1 Å². The van der Waals surface area contributed by atoms with Crippen molar-refractivity contribution in [1.29, 1.82) is 0 Å². The quantitative estimate of drug-likeness (QED) is 0.814. The summed E-state index contributed by atoms with van der Waals surface area (Å²) < 4.78 is 9.97. The van der Waals surface area contributed by atoms with Gasteiger partial charge in [0.25, 0.3) is 0 Å². The lowest BCUT2D eigenvalue weighted by Gasteiger charge is -2.36. The Kier molecular flexibility index (Phi) is 4.87. The molecule has 118 valence electrons. The molecule has 0 aromatic rings. The molecule has 0 aliphatic carbocycles. The van der Waals surface area contributed by atoms with E-state index in [0.717, 1.165) is 17.7 Å². The fraction of sp³-hybridized carbons (Fsp3) is 0.769. The van der Waals surface area contributed by atoms with E-state index in [0.29, 0.717) is 19.5 Å². The molecule has 0 bridgehead atoms. The summed E-state index contributed by atoms with van der Waals surface area (Å²) in [5.41, 5.74) is 0. The summed E-state index contributed by atoms with van der Waals surface area (Å²) in [5.74, 6) is -1.08. The van der Waals surface area contributed by atoms with Crippen LogP contribution in [0.5, 0.6) is 0 Å². The third-order valence-electron chi connectivity index (χ3n) is 3.86. The number of rotatable bonds is 2. The summed E-state index contributed by atoms with van der Waals surface area (Å²) in [4.78, 5) is 37.5. The highest BCUT2D eigenvalue weighted by molar-refractivity contribution is 5.80. The number of ether oxygens (including phenoxy) is 2. The van der Waals surface area contributed by atoms with Gasteiger partial charge in [0.15, 0.2) is 0 Å². The molecule has 21 heavy (non-hydrogen) atoms. The zero-order valence-electron chi connectivity index (χ0n) is 12.0. The maximum Gasteiger partial charge on any atom is 0.410 e. The molecule has 1 N–H and O–H groups in total. The van der Waals surface area contributed by atoms with Crippen molar-refractivity contribution in [2.24, 2.45) is 0 Å². The van der Waals surface area contributed by atoms with Crippen LogP contribution in [0.3, 0.4) is 0 Å². The van der Waals surface area contributed by atoms with Crippen molar-refractivity contribution in [3.05, 3.63) is 0 Å². The summed E-state index contributed by atoms with van der Waals surface area (Å²) in [6.45, 7) is 1.41. The first kappa shape index (κ1) is 15.4. The second-order valence-corrected chi connectivity index (χ2v) is 5.25. The molecule has 2 atom stereocenters. The van der Waals surface area contributed by atoms with E-state index >= 15 is 0 Å². The molecule has 2 amide bonds. The number of carbonyl (C=O) groups excluding carboxylic acids is 2. The Labute approximate surface area is 122 Å². The number of hydrogen-bond acceptors (Lipinski definition) is 5. The van der Waals surface area contributed by atoms with Gasteiger partial charge in [-0.15, -0.1) is 0 Å². The molecule has 0 saturated carbocycles. The Morgan fingerprint density at radius 3 is 2.33 bits per heavy atom. The molecule has 2 unspecified atom stereocenters. The van der Waals surface area contributed by atoms with E-state index in [1.165, 1.54) is 7.11 Å². The number of methoxy groups -OCH3 is 1. The predicted octanol–water partition coefficient (Wildman–Crippen LogP) is 0.903. The number of aliphatic carboxylic acids is 1. The van der Waals surface area contributed by atoms with Gasteiger partial charge in [0.05, 0.1) is 13.7 Å². The van der Waals surface area contributed by atoms with Crippen LogP contribution in [0.15, 0.2) is 0 Å². The van der Waals surface area contributed by atoms with Crippen LogP contribution < -0.4 is 0 Å². The smallest absolute Gasteiger partial charge is 0.410 e. The highest BCUT2D eigenvalue weighted by Gasteiger charge is 2.38. The van der Waals surface area contributed by atoms with Crippen molar-refractivity contribution >= 4 is 18.2 Å². The minimum absolute atomic E-state index is 0.0449. The van der Waals surface area contributed by atoms with Crippen molar-refractivity contribution in [1.82, 2.24) is 9.80 Å². The van der Waals surface area contributed by atoms with Gasteiger partial charge < -0.3 is 19.5 Å². The van der Waals surface area contributed by atoms with Crippen molar-refractivity contribution < 1.29 is 29.0 Å². The molecule has 0 aromatic carbocycles. The standard InChI is InChI=1S/C13H20N2O6/c1-20-13(19)15-8-9(4-5-10(15)11(16)17)21-12(18)14-6-2-3-7-14/h9-10H,2-8H2,1H3,(H,16,17). The van der Waals surface area contributed by atoms with E-state index < -0.39 is 30.3 Å². The first-order valence-electron chi connectivity index (χ1n) is 7.06. The Balaban J connectivity index is 1.95. The maximum absolute atomic E-state index is 11.9. The number of piperidine rings is 1. The molecule has 0 aromatic heterocycles. The lowest BCUT2D eigenvalue weighted by Crippen LogP contribution is -2.53. The number of amides is 2. The van der Waals surface area contributed by atoms with Crippen LogP contribution >= 0.6 is 0 Å². The monoisotopic (exact) mass is 300 g/mol. The van der Waals surface area contributed by atoms with Crippen LogP contribution in [0, 0.1) is 0 Å². The lowest BCUT2D eigenvalue weighted by molar-refractivity contribution is -0.145. The average Bonchev–Trinajstić information content (AvgIpc) is 3.00. The fourth-order valence-corrected chi connectivity index (χ4v) is 2.73. The van der Waals surface area contributed by atoms with Crippen LogP contribution in [0.4, 0.5) is 9.59 Å². The number of hydrogen-bond donors (Lipinski definition) is 1. The minimum atomic E-state index is -1.08. The topological polar surface area (TPSA) is 96.4 Å². The molecular formula is C13H20N2O6. The summed E-state index contributed by atoms with van der Waals surface area (Å²) in [6, 6.07) is -0.931. The summed E-state index contributed by atoms with van der Waals surface area (Å²) in [6.07, 6.45) is 0.990. The van der Waals surface area contributed by atoms with Crippen LogP contribution in [0.1, 0.15) is 25.7 Å². The van der Waals surface area contributed by atoms with Gasteiger partial charge in [0.2, 0.25) is 0 Å². The predicted molar refractivity (Wildman–Crippen MR) is 70.8 cm³/mol. The minimum Gasteiger partial charge on any atom is -0.480 e. The summed E-state index contributed by atoms with van der Waals surface area (Å²) in [5, 5.41) is 9.13. The molecule has 2 saturated heterocycles. The number of carbonyl (C=O) groups is 3. The number of carboxylic acid groups (broad SMARTS) is 1. The maximum atomic E-state index is 11.9. The molecule has 2 aliphatic rings. The van der Waals surface area contributed by atoms with Crippen molar-refractivity contribution in [3.63, 3.8) is 0 Å². The van der Waals surface area contributed by atoms with Gasteiger partial charge in [0.1, 0.15) is 12.1 Å². The summed E-state index contributed by atoms with van der Waals surface area (Å²) >= 11 is 0. The second-order valence-electron chi connectivity index (χ2n) is 5.25. The van der Waals surface area contributed by atoms with Crippen LogP contribution in [-0.4, -0.2) is 72.0 Å². The highest BCUT2D eigenvalue weighted by Crippen LogP contribution is 2.22. The average molecular weight is 300 g/mol. The fourth-order valence-electron chi connectivity index (χ4n) is 2.73. The zero-order chi connectivity index (χ0) is 15.4. The largest absolute Gasteiger partial charge is 0.480 e. The van der Waals surface area contributed by atoms with E-state index in [1.54, 1.807) is 4.90 Å². The SMILES string of the molecule is COC(=O)N1CC(OC(=O)N2CCCC2)CCC1C(=O)O. The van der Waals surface area contributed by atoms with E-state index in [9.17, 15) is 14.4 Å². The molecule has 2 aliphatic heterocycles. The van der Waals surface area contributed by atoms with Gasteiger partial charge in [-0.2, -0.15) is 0 Å². The molecule has 2 fully saturated rings. The Morgan fingerprint density at radius 1 is 1.10 bits per heavy atom. The molecule has 2 heterocycles. The van der Waals surface area contributed by atoms with E-state index in [-0.39, 0.29) is 13.0 Å². The zero-order valence-corrected chi connectivity index (χ0v) is 12.0. The molecule has 8 heteroatoms. The third kappa shape index (κ3) is 3.56. The van der Waals surface area contributed by atoms with Gasteiger partial charge in [-0.05, 0) is 25.7 Å². The highest BCUT2D eigenvalue weighted by atomic mass is 16.6. The second kappa shape index (κ2) is 6.64. The molecule has 8 nitrogen and oxygen atoms in total. The Hall–Kier alpha value is -1.99. The normalized spacial score (nSPS) is 25.6. The Bertz CT molecular complexity index is 421. The number of carboxylic acids is 1. The summed E-state index contributed by atoms with van der Waals surface area (Å²) in [7, 11) is 1.20. The van der Waals surface area contributed by atoms with E-state index in [1.807, 2.05) is 0 Å². The van der Waals surface area contributed by atoms with Crippen LogP contribution in [0.2, 0.25) is 0 Å². The van der Waals surface area contributed by atoms with E-state index in [4.69, 9.17) is 9.84 Å². The third-order valence-corrected chi connectivity index (χ3v) is 3.86. The van der Waals surface area contributed by atoms with Gasteiger partial charge in [-0.1, -0.05) is 0 Å². The Morgan fingerprint density at radius 2 is 1.76 bits per heavy atom. The van der Waals surface area contributed by atoms with Gasteiger partial charge in [-0.25, -0.2) is 14.4 Å². The number of nitrogens with zero attached hydrogens (tertiary/aromatic N) is 2. The van der Waals surface area contributed by atoms with Gasteiger partial charge in [-0.3, -0.25) is 4.90 Å². The first-order chi connectivity index (χ1) is 10.0. The lowest BCUT2D eigenvalue weighted by atomic mass is 10.0. The number of likely N-dealkylation sites (tertiary alicyclic amines) is 2. The van der Waals surface area contributed by atoms with Crippen LogP contribution in [0.25, 0.3) is 0 Å². The molecular weight excluding hydrogens is 280 g/mol. The first-order valence-corrected chi connectivity index (χ1v) is 7.06. The molecule has 0 spiro atoms. The molecule has 2 rings (SSSR count). The van der Waals surface area contributed by atoms with Gasteiger partial charge >= 0.3 is 18.2 Å². The van der Waals surface area contributed by atoms with Crippen molar-refractivity contribution in [2.45, 2.75) is 37.8 Å². The van der Waals surface area contributed by atoms with E-state index in [2.05, 4.69) is 4.74 Å². The van der Waals surface area contributed by atoms with Crippen LogP contribution in [-0.2, 0) is 14.3 Å².